The molecule has 1 aromatic heterocycles. The molecule has 1 aliphatic heterocycles. The highest BCUT2D eigenvalue weighted by Gasteiger charge is 2.33. The number of nitrogens with zero attached hydrogens (tertiary/aromatic N) is 3. The summed E-state index contributed by atoms with van der Waals surface area (Å²) in [5, 5.41) is 8.22. The van der Waals surface area contributed by atoms with E-state index in [0.29, 0.717) is 16.8 Å². The van der Waals surface area contributed by atoms with Crippen LogP contribution < -0.4 is 5.32 Å². The smallest absolute Gasteiger partial charge is 0.258 e. The summed E-state index contributed by atoms with van der Waals surface area (Å²) in [6, 6.07) is 14.1. The van der Waals surface area contributed by atoms with Gasteiger partial charge in [-0.2, -0.15) is 4.98 Å². The van der Waals surface area contributed by atoms with Crippen LogP contribution in [0.25, 0.3) is 17.0 Å². The Hall–Kier alpha value is -2.71. The van der Waals surface area contributed by atoms with Gasteiger partial charge in [-0.3, -0.25) is 0 Å². The third-order valence-electron chi connectivity index (χ3n) is 5.25. The lowest BCUT2D eigenvalue weighted by atomic mass is 9.94. The van der Waals surface area contributed by atoms with Crippen molar-refractivity contribution in [3.63, 3.8) is 0 Å². The van der Waals surface area contributed by atoms with Crippen LogP contribution in [0.5, 0.6) is 0 Å². The van der Waals surface area contributed by atoms with Crippen molar-refractivity contribution in [1.29, 1.82) is 0 Å². The van der Waals surface area contributed by atoms with Gasteiger partial charge in [-0.15, -0.1) is 11.8 Å². The number of halogens is 1. The predicted molar refractivity (Wildman–Crippen MR) is 126 cm³/mol. The van der Waals surface area contributed by atoms with Crippen molar-refractivity contribution in [3.8, 4) is 11.4 Å². The highest BCUT2D eigenvalue weighted by molar-refractivity contribution is 7.98. The molecular formula is C23H23FN4OS2. The molecule has 8 heteroatoms. The zero-order valence-corrected chi connectivity index (χ0v) is 19.2. The molecule has 1 aliphatic rings. The van der Waals surface area contributed by atoms with Crippen LogP contribution in [0.15, 0.2) is 63.6 Å². The van der Waals surface area contributed by atoms with Gasteiger partial charge in [0.25, 0.3) is 5.89 Å². The average Bonchev–Trinajstić information content (AvgIpc) is 3.26. The summed E-state index contributed by atoms with van der Waals surface area (Å²) in [5.74, 6) is 0.661. The summed E-state index contributed by atoms with van der Waals surface area (Å²) >= 11 is 7.30. The van der Waals surface area contributed by atoms with E-state index in [2.05, 4.69) is 17.4 Å². The minimum absolute atomic E-state index is 0.286. The van der Waals surface area contributed by atoms with E-state index in [1.54, 1.807) is 23.9 Å². The van der Waals surface area contributed by atoms with Crippen molar-refractivity contribution >= 4 is 34.7 Å². The monoisotopic (exact) mass is 454 g/mol. The zero-order valence-electron chi connectivity index (χ0n) is 17.6. The normalized spacial score (nSPS) is 16.6. The highest BCUT2D eigenvalue weighted by atomic mass is 32.2. The predicted octanol–water partition coefficient (Wildman–Crippen LogP) is 5.67. The van der Waals surface area contributed by atoms with Crippen LogP contribution >= 0.6 is 24.0 Å². The third-order valence-corrected chi connectivity index (χ3v) is 6.33. The molecule has 3 aromatic rings. The second-order valence-electron chi connectivity index (χ2n) is 7.24. The molecule has 2 heterocycles. The van der Waals surface area contributed by atoms with E-state index in [0.717, 1.165) is 35.4 Å². The first kappa shape index (κ1) is 21.5. The fourth-order valence-electron chi connectivity index (χ4n) is 3.65. The molecule has 0 spiro atoms. The minimum atomic E-state index is -0.312. The number of allylic oxidation sites excluding steroid dienone is 1. The Morgan fingerprint density at radius 3 is 2.52 bits per heavy atom. The molecule has 0 amide bonds. The van der Waals surface area contributed by atoms with Gasteiger partial charge >= 0.3 is 0 Å². The first-order valence-electron chi connectivity index (χ1n) is 10.0. The summed E-state index contributed by atoms with van der Waals surface area (Å²) in [6.45, 7) is 4.88. The van der Waals surface area contributed by atoms with Crippen LogP contribution in [0.2, 0.25) is 0 Å². The van der Waals surface area contributed by atoms with Crippen molar-refractivity contribution in [3.05, 3.63) is 71.5 Å². The molecule has 1 N–H and O–H groups in total. The molecule has 2 aromatic carbocycles. The molecule has 5 nitrogen and oxygen atoms in total. The molecule has 0 aliphatic carbocycles. The second-order valence-corrected chi connectivity index (χ2v) is 8.50. The number of hydrogen-bond donors (Lipinski definition) is 1. The van der Waals surface area contributed by atoms with Gasteiger partial charge in [0, 0.05) is 22.7 Å². The number of thiocarbonyl (C=S) groups is 1. The van der Waals surface area contributed by atoms with Gasteiger partial charge in [0.05, 0.1) is 11.6 Å². The number of hydrogen-bond acceptors (Lipinski definition) is 5. The number of thioether (sulfide) groups is 1. The number of nitrogens with one attached hydrogen (secondary N) is 1. The molecular weight excluding hydrogens is 431 g/mol. The van der Waals surface area contributed by atoms with Crippen LogP contribution in [0.4, 0.5) is 4.39 Å². The fourth-order valence-corrected chi connectivity index (χ4v) is 4.40. The van der Waals surface area contributed by atoms with E-state index in [4.69, 9.17) is 21.7 Å². The Morgan fingerprint density at radius 1 is 1.16 bits per heavy atom. The van der Waals surface area contributed by atoms with Crippen molar-refractivity contribution in [2.24, 2.45) is 0 Å². The Labute approximate surface area is 190 Å². The maximum absolute atomic E-state index is 13.5. The Balaban J connectivity index is 1.78. The number of aromatic nitrogens is 2. The van der Waals surface area contributed by atoms with Crippen molar-refractivity contribution in [1.82, 2.24) is 20.4 Å². The van der Waals surface area contributed by atoms with E-state index in [-0.39, 0.29) is 11.9 Å². The van der Waals surface area contributed by atoms with Crippen LogP contribution in [0, 0.1) is 5.82 Å². The largest absolute Gasteiger partial charge is 0.351 e. The van der Waals surface area contributed by atoms with Crippen LogP contribution in [-0.4, -0.2) is 33.0 Å². The highest BCUT2D eigenvalue weighted by Crippen LogP contribution is 2.37. The summed E-state index contributed by atoms with van der Waals surface area (Å²) in [5.41, 5.74) is 3.55. The van der Waals surface area contributed by atoms with Gasteiger partial charge in [0.2, 0.25) is 5.82 Å². The Morgan fingerprint density at radius 2 is 1.87 bits per heavy atom. The maximum Gasteiger partial charge on any atom is 0.258 e. The third kappa shape index (κ3) is 4.36. The summed E-state index contributed by atoms with van der Waals surface area (Å²) < 4.78 is 19.2. The van der Waals surface area contributed by atoms with Crippen molar-refractivity contribution in [2.75, 3.05) is 12.8 Å². The molecule has 0 saturated carbocycles. The van der Waals surface area contributed by atoms with E-state index in [1.165, 1.54) is 17.0 Å². The second kappa shape index (κ2) is 9.20. The SMILES string of the molecule is CCCN1C(=S)NC(c2ccc(F)cc2)C(c2nc(-c3ccc(SC)cc3)no2)=C1C. The molecule has 160 valence electrons. The maximum atomic E-state index is 13.5. The fraction of sp³-hybridized carbons (Fsp3) is 0.261. The summed E-state index contributed by atoms with van der Waals surface area (Å²) in [6.07, 6.45) is 2.97. The lowest BCUT2D eigenvalue weighted by Crippen LogP contribution is -2.46. The minimum Gasteiger partial charge on any atom is -0.351 e. The van der Waals surface area contributed by atoms with E-state index in [9.17, 15) is 4.39 Å². The summed E-state index contributed by atoms with van der Waals surface area (Å²) in [7, 11) is 0. The van der Waals surface area contributed by atoms with Gasteiger partial charge in [-0.1, -0.05) is 24.2 Å². The molecule has 0 fully saturated rings. The molecule has 0 saturated heterocycles. The Kier molecular flexibility index (Phi) is 6.38. The molecule has 0 radical (unpaired) electrons. The molecule has 1 atom stereocenters. The van der Waals surface area contributed by atoms with E-state index < -0.39 is 0 Å². The van der Waals surface area contributed by atoms with E-state index in [1.807, 2.05) is 42.3 Å². The quantitative estimate of drug-likeness (QED) is 0.380. The van der Waals surface area contributed by atoms with Crippen molar-refractivity contribution < 1.29 is 8.91 Å². The van der Waals surface area contributed by atoms with Gasteiger partial charge in [0.1, 0.15) is 5.82 Å². The van der Waals surface area contributed by atoms with Crippen LogP contribution in [0.1, 0.15) is 37.8 Å². The topological polar surface area (TPSA) is 54.2 Å². The van der Waals surface area contributed by atoms with Gasteiger partial charge < -0.3 is 14.7 Å². The zero-order chi connectivity index (χ0) is 22.0. The Bertz CT molecular complexity index is 1110. The number of benzene rings is 2. The standard InChI is InChI=1S/C23H23FN4OS2/c1-4-13-28-14(2)19(20(25-23(28)30)15-5-9-17(24)10-6-15)22-26-21(27-29-22)16-7-11-18(31-3)12-8-16/h5-12,20H,4,13H2,1-3H3,(H,25,30). The van der Waals surface area contributed by atoms with Crippen LogP contribution in [-0.2, 0) is 0 Å². The molecule has 0 bridgehead atoms. The van der Waals surface area contributed by atoms with Crippen LogP contribution in [0.3, 0.4) is 0 Å². The first-order chi connectivity index (χ1) is 15.0. The van der Waals surface area contributed by atoms with Crippen molar-refractivity contribution in [2.45, 2.75) is 31.2 Å². The van der Waals surface area contributed by atoms with Gasteiger partial charge in [-0.25, -0.2) is 4.39 Å². The molecule has 31 heavy (non-hydrogen) atoms. The van der Waals surface area contributed by atoms with E-state index >= 15 is 0 Å². The lowest BCUT2D eigenvalue weighted by Gasteiger charge is -2.37. The lowest BCUT2D eigenvalue weighted by molar-refractivity contribution is 0.396. The average molecular weight is 455 g/mol. The molecule has 4 rings (SSSR count). The van der Waals surface area contributed by atoms with Gasteiger partial charge in [0.15, 0.2) is 5.11 Å². The summed E-state index contributed by atoms with van der Waals surface area (Å²) in [4.78, 5) is 7.91. The first-order valence-corrected chi connectivity index (χ1v) is 11.7. The van der Waals surface area contributed by atoms with Gasteiger partial charge in [-0.05, 0) is 73.8 Å². The number of rotatable bonds is 6. The molecule has 1 unspecified atom stereocenters.